The largest absolute Gasteiger partial charge is 0.484 e. The van der Waals surface area contributed by atoms with Crippen LogP contribution in [0.15, 0.2) is 66.7 Å². The Morgan fingerprint density at radius 2 is 1.70 bits per heavy atom. The first-order valence-corrected chi connectivity index (χ1v) is 8.69. The maximum absolute atomic E-state index is 11.8. The van der Waals surface area contributed by atoms with Gasteiger partial charge in [-0.1, -0.05) is 48.0 Å². The van der Waals surface area contributed by atoms with Gasteiger partial charge in [0.05, 0.1) is 12.2 Å². The molecule has 27 heavy (non-hydrogen) atoms. The van der Waals surface area contributed by atoms with Gasteiger partial charge in [-0.15, -0.1) is 10.2 Å². The van der Waals surface area contributed by atoms with Gasteiger partial charge in [-0.05, 0) is 25.1 Å². The monoisotopic (exact) mass is 363 g/mol. The molecule has 0 aliphatic heterocycles. The fraction of sp³-hybridized carbons (Fsp3) is 0.190. The van der Waals surface area contributed by atoms with E-state index in [1.807, 2.05) is 67.6 Å². The highest BCUT2D eigenvalue weighted by molar-refractivity contribution is 5.77. The highest BCUT2D eigenvalue weighted by Gasteiger charge is 2.04. The number of carbonyl (C=O) groups excluding carboxylic acids is 1. The summed E-state index contributed by atoms with van der Waals surface area (Å²) in [5, 5.41) is 10.9. The first kappa shape index (κ1) is 18.4. The summed E-state index contributed by atoms with van der Waals surface area (Å²) in [6.45, 7) is 2.62. The summed E-state index contributed by atoms with van der Waals surface area (Å²) in [6.07, 6.45) is 0. The minimum absolute atomic E-state index is 0.0331. The number of nitrogens with zero attached hydrogens (tertiary/aromatic N) is 2. The van der Waals surface area contributed by atoms with Crippen LogP contribution in [0.25, 0.3) is 11.3 Å². The van der Waals surface area contributed by atoms with Crippen LogP contribution in [-0.2, 0) is 4.79 Å². The molecule has 2 aromatic carbocycles. The molecule has 3 aromatic rings. The second kappa shape index (κ2) is 9.33. The van der Waals surface area contributed by atoms with Crippen LogP contribution in [0.3, 0.4) is 0 Å². The van der Waals surface area contributed by atoms with E-state index in [9.17, 15) is 4.79 Å². The van der Waals surface area contributed by atoms with Crippen molar-refractivity contribution in [1.82, 2.24) is 15.5 Å². The minimum Gasteiger partial charge on any atom is -0.484 e. The van der Waals surface area contributed by atoms with Crippen molar-refractivity contribution in [2.45, 2.75) is 6.92 Å². The van der Waals surface area contributed by atoms with E-state index < -0.39 is 0 Å². The molecule has 138 valence electrons. The Morgan fingerprint density at radius 3 is 2.41 bits per heavy atom. The van der Waals surface area contributed by atoms with E-state index in [1.54, 1.807) is 6.07 Å². The molecule has 6 nitrogen and oxygen atoms in total. The smallest absolute Gasteiger partial charge is 0.258 e. The van der Waals surface area contributed by atoms with Crippen molar-refractivity contribution in [1.29, 1.82) is 0 Å². The molecule has 1 N–H and O–H groups in total. The van der Waals surface area contributed by atoms with Gasteiger partial charge in [0, 0.05) is 11.6 Å². The Balaban J connectivity index is 1.36. The number of hydrogen-bond donors (Lipinski definition) is 1. The SMILES string of the molecule is Cc1ccc(OCC(=O)NCCOc2ccc(-c3ccccc3)nn2)cc1. The van der Waals surface area contributed by atoms with E-state index >= 15 is 0 Å². The number of carbonyl (C=O) groups is 1. The molecular formula is C21H21N3O3. The summed E-state index contributed by atoms with van der Waals surface area (Å²) < 4.78 is 10.9. The molecule has 0 aliphatic carbocycles. The van der Waals surface area contributed by atoms with E-state index in [0.29, 0.717) is 24.8 Å². The molecule has 1 amide bonds. The zero-order valence-electron chi connectivity index (χ0n) is 15.1. The molecule has 0 saturated carbocycles. The van der Waals surface area contributed by atoms with Gasteiger partial charge in [0.15, 0.2) is 6.61 Å². The summed E-state index contributed by atoms with van der Waals surface area (Å²) in [5.41, 5.74) is 2.92. The van der Waals surface area contributed by atoms with E-state index in [2.05, 4.69) is 15.5 Å². The summed E-state index contributed by atoms with van der Waals surface area (Å²) in [6, 6.07) is 21.0. The third kappa shape index (κ3) is 5.81. The molecule has 1 heterocycles. The summed E-state index contributed by atoms with van der Waals surface area (Å²) in [5.74, 6) is 0.880. The average Bonchev–Trinajstić information content (AvgIpc) is 2.72. The lowest BCUT2D eigenvalue weighted by atomic mass is 10.1. The van der Waals surface area contributed by atoms with Gasteiger partial charge in [-0.25, -0.2) is 0 Å². The van der Waals surface area contributed by atoms with Crippen LogP contribution in [0, 0.1) is 6.92 Å². The molecule has 1 aromatic heterocycles. The van der Waals surface area contributed by atoms with Crippen molar-refractivity contribution in [3.8, 4) is 22.9 Å². The fourth-order valence-electron chi connectivity index (χ4n) is 2.34. The molecule has 0 bridgehead atoms. The Labute approximate surface area is 158 Å². The maximum atomic E-state index is 11.8. The van der Waals surface area contributed by atoms with E-state index in [-0.39, 0.29) is 12.5 Å². The molecule has 3 rings (SSSR count). The number of benzene rings is 2. The standard InChI is InChI=1S/C21H21N3O3/c1-16-7-9-18(10-8-16)27-15-20(25)22-13-14-26-21-12-11-19(23-24-21)17-5-3-2-4-6-17/h2-12H,13-15H2,1H3,(H,22,25). The lowest BCUT2D eigenvalue weighted by Crippen LogP contribution is -2.32. The van der Waals surface area contributed by atoms with Crippen LogP contribution in [-0.4, -0.2) is 35.9 Å². The predicted molar refractivity (Wildman–Crippen MR) is 103 cm³/mol. The highest BCUT2D eigenvalue weighted by Crippen LogP contribution is 2.16. The summed E-state index contributed by atoms with van der Waals surface area (Å²) in [7, 11) is 0. The normalized spacial score (nSPS) is 10.3. The van der Waals surface area contributed by atoms with Crippen LogP contribution in [0.5, 0.6) is 11.6 Å². The van der Waals surface area contributed by atoms with Crippen molar-refractivity contribution in [3.05, 3.63) is 72.3 Å². The van der Waals surface area contributed by atoms with Crippen LogP contribution in [0.1, 0.15) is 5.56 Å². The molecule has 0 spiro atoms. The number of amides is 1. The number of aryl methyl sites for hydroxylation is 1. The van der Waals surface area contributed by atoms with Crippen molar-refractivity contribution in [3.63, 3.8) is 0 Å². The molecule has 0 aliphatic rings. The molecular weight excluding hydrogens is 342 g/mol. The Morgan fingerprint density at radius 1 is 0.926 bits per heavy atom. The molecule has 0 atom stereocenters. The number of rotatable bonds is 8. The molecule has 0 saturated heterocycles. The first-order valence-electron chi connectivity index (χ1n) is 8.69. The average molecular weight is 363 g/mol. The van der Waals surface area contributed by atoms with Crippen LogP contribution in [0.4, 0.5) is 0 Å². The van der Waals surface area contributed by atoms with Crippen molar-refractivity contribution in [2.75, 3.05) is 19.8 Å². The van der Waals surface area contributed by atoms with Gasteiger partial charge < -0.3 is 14.8 Å². The third-order valence-electron chi connectivity index (χ3n) is 3.77. The van der Waals surface area contributed by atoms with Crippen molar-refractivity contribution in [2.24, 2.45) is 0 Å². The number of nitrogens with one attached hydrogen (secondary N) is 1. The van der Waals surface area contributed by atoms with Gasteiger partial charge in [0.1, 0.15) is 12.4 Å². The quantitative estimate of drug-likeness (QED) is 0.623. The lowest BCUT2D eigenvalue weighted by molar-refractivity contribution is -0.123. The zero-order valence-corrected chi connectivity index (χ0v) is 15.1. The van der Waals surface area contributed by atoms with Crippen molar-refractivity contribution >= 4 is 5.91 Å². The van der Waals surface area contributed by atoms with Gasteiger partial charge in [0.2, 0.25) is 5.88 Å². The van der Waals surface area contributed by atoms with Gasteiger partial charge in [0.25, 0.3) is 5.91 Å². The van der Waals surface area contributed by atoms with E-state index in [0.717, 1.165) is 16.8 Å². The molecule has 6 heteroatoms. The molecule has 0 radical (unpaired) electrons. The number of ether oxygens (including phenoxy) is 2. The van der Waals surface area contributed by atoms with Crippen LogP contribution < -0.4 is 14.8 Å². The molecule has 0 unspecified atom stereocenters. The second-order valence-electron chi connectivity index (χ2n) is 5.92. The topological polar surface area (TPSA) is 73.3 Å². The van der Waals surface area contributed by atoms with Crippen molar-refractivity contribution < 1.29 is 14.3 Å². The number of aromatic nitrogens is 2. The third-order valence-corrected chi connectivity index (χ3v) is 3.77. The van der Waals surface area contributed by atoms with Gasteiger partial charge in [-0.2, -0.15) is 0 Å². The number of hydrogen-bond acceptors (Lipinski definition) is 5. The lowest BCUT2D eigenvalue weighted by Gasteiger charge is -2.08. The van der Waals surface area contributed by atoms with Crippen LogP contribution >= 0.6 is 0 Å². The van der Waals surface area contributed by atoms with Crippen LogP contribution in [0.2, 0.25) is 0 Å². The Hall–Kier alpha value is -3.41. The predicted octanol–water partition coefficient (Wildman–Crippen LogP) is 3.03. The highest BCUT2D eigenvalue weighted by atomic mass is 16.5. The zero-order chi connectivity index (χ0) is 18.9. The first-order chi connectivity index (χ1) is 13.2. The minimum atomic E-state index is -0.204. The Kier molecular flexibility index (Phi) is 6.35. The van der Waals surface area contributed by atoms with Gasteiger partial charge >= 0.3 is 0 Å². The second-order valence-corrected chi connectivity index (χ2v) is 5.92. The fourth-order valence-corrected chi connectivity index (χ4v) is 2.34. The maximum Gasteiger partial charge on any atom is 0.258 e. The van der Waals surface area contributed by atoms with E-state index in [4.69, 9.17) is 9.47 Å². The molecule has 0 fully saturated rings. The summed E-state index contributed by atoms with van der Waals surface area (Å²) >= 11 is 0. The Bertz CT molecular complexity index is 850. The van der Waals surface area contributed by atoms with E-state index in [1.165, 1.54) is 0 Å². The van der Waals surface area contributed by atoms with Gasteiger partial charge in [-0.3, -0.25) is 4.79 Å². The summed E-state index contributed by atoms with van der Waals surface area (Å²) in [4.78, 5) is 11.8.